The maximum absolute atomic E-state index is 4.47. The Hall–Kier alpha value is -3.19. The molecule has 1 aromatic heterocycles. The van der Waals surface area contributed by atoms with Gasteiger partial charge in [0.15, 0.2) is 0 Å². The van der Waals surface area contributed by atoms with Crippen molar-refractivity contribution in [2.24, 2.45) is 0 Å². The average molecular weight is 335 g/mol. The lowest BCUT2D eigenvalue weighted by Gasteiger charge is -2.13. The highest BCUT2D eigenvalue weighted by atomic mass is 14.7. The van der Waals surface area contributed by atoms with E-state index in [0.717, 1.165) is 17.7 Å². The van der Waals surface area contributed by atoms with E-state index in [9.17, 15) is 0 Å². The lowest BCUT2D eigenvalue weighted by Crippen LogP contribution is -1.94. The Labute approximate surface area is 155 Å². The number of rotatable bonds is 4. The smallest absolute Gasteiger partial charge is 0.0702 e. The number of benzene rings is 3. The Morgan fingerprint density at radius 1 is 0.692 bits per heavy atom. The van der Waals surface area contributed by atoms with Gasteiger partial charge in [0.05, 0.1) is 5.69 Å². The quantitative estimate of drug-likeness (QED) is 0.425. The van der Waals surface area contributed by atoms with Gasteiger partial charge >= 0.3 is 0 Å². The first-order chi connectivity index (χ1) is 12.8. The SMILES string of the molecule is Cc1cc(-c2ccccn2)ccc1-c1ccccc1Cc1ccccc1. The third-order valence-corrected chi connectivity index (χ3v) is 4.73. The van der Waals surface area contributed by atoms with Crippen molar-refractivity contribution in [1.82, 2.24) is 4.98 Å². The van der Waals surface area contributed by atoms with Gasteiger partial charge < -0.3 is 0 Å². The molecule has 0 atom stereocenters. The number of aromatic nitrogens is 1. The van der Waals surface area contributed by atoms with E-state index in [1.165, 1.54) is 27.8 Å². The van der Waals surface area contributed by atoms with Crippen LogP contribution in [0.3, 0.4) is 0 Å². The van der Waals surface area contributed by atoms with Gasteiger partial charge in [-0.05, 0) is 59.4 Å². The second-order valence-electron chi connectivity index (χ2n) is 6.56. The molecule has 0 aliphatic carbocycles. The second-order valence-corrected chi connectivity index (χ2v) is 6.56. The molecule has 0 fully saturated rings. The van der Waals surface area contributed by atoms with E-state index >= 15 is 0 Å². The molecule has 4 aromatic rings. The Bertz CT molecular complexity index is 1000. The highest BCUT2D eigenvalue weighted by molar-refractivity contribution is 5.74. The summed E-state index contributed by atoms with van der Waals surface area (Å²) < 4.78 is 0. The van der Waals surface area contributed by atoms with Crippen LogP contribution < -0.4 is 0 Å². The molecule has 1 heteroatoms. The van der Waals surface area contributed by atoms with Crippen molar-refractivity contribution in [3.05, 3.63) is 114 Å². The molecule has 0 saturated carbocycles. The number of hydrogen-bond donors (Lipinski definition) is 0. The third kappa shape index (κ3) is 3.43. The van der Waals surface area contributed by atoms with Crippen molar-refractivity contribution in [3.8, 4) is 22.4 Å². The van der Waals surface area contributed by atoms with Gasteiger partial charge in [-0.3, -0.25) is 4.98 Å². The summed E-state index contributed by atoms with van der Waals surface area (Å²) in [5.41, 5.74) is 8.73. The van der Waals surface area contributed by atoms with Gasteiger partial charge in [-0.1, -0.05) is 72.8 Å². The van der Waals surface area contributed by atoms with Gasteiger partial charge in [0.1, 0.15) is 0 Å². The fraction of sp³-hybridized carbons (Fsp3) is 0.0800. The van der Waals surface area contributed by atoms with Crippen molar-refractivity contribution in [3.63, 3.8) is 0 Å². The average Bonchev–Trinajstić information content (AvgIpc) is 2.70. The first-order valence-electron chi connectivity index (χ1n) is 8.95. The van der Waals surface area contributed by atoms with Crippen molar-refractivity contribution >= 4 is 0 Å². The molecule has 0 aliphatic rings. The minimum atomic E-state index is 0.943. The summed E-state index contributed by atoms with van der Waals surface area (Å²) >= 11 is 0. The Kier molecular flexibility index (Phi) is 4.61. The highest BCUT2D eigenvalue weighted by Crippen LogP contribution is 2.31. The first-order valence-corrected chi connectivity index (χ1v) is 8.95. The van der Waals surface area contributed by atoms with Gasteiger partial charge in [-0.15, -0.1) is 0 Å². The zero-order valence-corrected chi connectivity index (χ0v) is 14.9. The third-order valence-electron chi connectivity index (χ3n) is 4.73. The molecule has 0 aliphatic heterocycles. The molecule has 0 bridgehead atoms. The number of hydrogen-bond acceptors (Lipinski definition) is 1. The van der Waals surface area contributed by atoms with E-state index in [4.69, 9.17) is 0 Å². The van der Waals surface area contributed by atoms with Crippen LogP contribution in [-0.2, 0) is 6.42 Å². The predicted molar refractivity (Wildman–Crippen MR) is 109 cm³/mol. The molecule has 0 saturated heterocycles. The molecule has 1 heterocycles. The van der Waals surface area contributed by atoms with E-state index in [2.05, 4.69) is 90.8 Å². The zero-order valence-electron chi connectivity index (χ0n) is 14.9. The van der Waals surface area contributed by atoms with Crippen LogP contribution in [0.1, 0.15) is 16.7 Å². The molecule has 0 N–H and O–H groups in total. The summed E-state index contributed by atoms with van der Waals surface area (Å²) in [6.45, 7) is 2.18. The Morgan fingerprint density at radius 2 is 1.46 bits per heavy atom. The number of nitrogens with zero attached hydrogens (tertiary/aromatic N) is 1. The van der Waals surface area contributed by atoms with Gasteiger partial charge in [-0.2, -0.15) is 0 Å². The second kappa shape index (κ2) is 7.37. The topological polar surface area (TPSA) is 12.9 Å². The molecule has 126 valence electrons. The summed E-state index contributed by atoms with van der Waals surface area (Å²) in [7, 11) is 0. The predicted octanol–water partition coefficient (Wildman–Crippen LogP) is 6.31. The maximum atomic E-state index is 4.47. The van der Waals surface area contributed by atoms with Crippen LogP contribution >= 0.6 is 0 Å². The van der Waals surface area contributed by atoms with Gasteiger partial charge in [0.2, 0.25) is 0 Å². The van der Waals surface area contributed by atoms with Crippen molar-refractivity contribution < 1.29 is 0 Å². The fourth-order valence-electron chi connectivity index (χ4n) is 3.41. The molecule has 4 rings (SSSR count). The van der Waals surface area contributed by atoms with Crippen LogP contribution in [0.5, 0.6) is 0 Å². The number of aryl methyl sites for hydroxylation is 1. The first kappa shape index (κ1) is 16.3. The standard InChI is InChI=1S/C25H21N/c1-19-17-22(25-13-7-8-16-26-25)14-15-23(19)24-12-6-5-11-21(24)18-20-9-3-2-4-10-20/h2-17H,18H2,1H3. The molecule has 1 nitrogen and oxygen atoms in total. The molecule has 0 amide bonds. The Balaban J connectivity index is 1.72. The fourth-order valence-corrected chi connectivity index (χ4v) is 3.41. The highest BCUT2D eigenvalue weighted by Gasteiger charge is 2.09. The van der Waals surface area contributed by atoms with E-state index in [1.54, 1.807) is 0 Å². The molecule has 3 aromatic carbocycles. The lowest BCUT2D eigenvalue weighted by atomic mass is 9.91. The number of pyridine rings is 1. The summed E-state index contributed by atoms with van der Waals surface area (Å²) in [5.74, 6) is 0. The zero-order chi connectivity index (χ0) is 17.8. The van der Waals surface area contributed by atoms with Crippen molar-refractivity contribution in [1.29, 1.82) is 0 Å². The largest absolute Gasteiger partial charge is 0.256 e. The normalized spacial score (nSPS) is 10.7. The molecule has 0 spiro atoms. The minimum absolute atomic E-state index is 0.943. The van der Waals surface area contributed by atoms with Crippen LogP contribution in [0.4, 0.5) is 0 Å². The van der Waals surface area contributed by atoms with Gasteiger partial charge in [-0.25, -0.2) is 0 Å². The van der Waals surface area contributed by atoms with Crippen molar-refractivity contribution in [2.75, 3.05) is 0 Å². The minimum Gasteiger partial charge on any atom is -0.256 e. The summed E-state index contributed by atoms with van der Waals surface area (Å²) in [5, 5.41) is 0. The summed E-state index contributed by atoms with van der Waals surface area (Å²) in [6, 6.07) is 32.0. The molecule has 0 radical (unpaired) electrons. The van der Waals surface area contributed by atoms with Crippen LogP contribution in [-0.4, -0.2) is 4.98 Å². The van der Waals surface area contributed by atoms with E-state index in [0.29, 0.717) is 0 Å². The van der Waals surface area contributed by atoms with Crippen LogP contribution in [0.15, 0.2) is 97.2 Å². The lowest BCUT2D eigenvalue weighted by molar-refractivity contribution is 1.19. The maximum Gasteiger partial charge on any atom is 0.0702 e. The van der Waals surface area contributed by atoms with E-state index in [1.807, 2.05) is 18.3 Å². The molecule has 26 heavy (non-hydrogen) atoms. The van der Waals surface area contributed by atoms with E-state index < -0.39 is 0 Å². The Morgan fingerprint density at radius 3 is 2.23 bits per heavy atom. The van der Waals surface area contributed by atoms with Crippen LogP contribution in [0.25, 0.3) is 22.4 Å². The molecular weight excluding hydrogens is 314 g/mol. The van der Waals surface area contributed by atoms with Gasteiger partial charge in [0.25, 0.3) is 0 Å². The summed E-state index contributed by atoms with van der Waals surface area (Å²) in [6.07, 6.45) is 2.78. The molecular formula is C25H21N. The van der Waals surface area contributed by atoms with Gasteiger partial charge in [0, 0.05) is 11.8 Å². The summed E-state index contributed by atoms with van der Waals surface area (Å²) in [4.78, 5) is 4.47. The van der Waals surface area contributed by atoms with Crippen LogP contribution in [0.2, 0.25) is 0 Å². The molecule has 0 unspecified atom stereocenters. The van der Waals surface area contributed by atoms with Crippen molar-refractivity contribution in [2.45, 2.75) is 13.3 Å². The van der Waals surface area contributed by atoms with Crippen LogP contribution in [0, 0.1) is 6.92 Å². The monoisotopic (exact) mass is 335 g/mol. The van der Waals surface area contributed by atoms with E-state index in [-0.39, 0.29) is 0 Å².